The van der Waals surface area contributed by atoms with Gasteiger partial charge in [-0.15, -0.1) is 10.2 Å². The van der Waals surface area contributed by atoms with Crippen molar-refractivity contribution in [3.8, 4) is 0 Å². The average molecular weight is 209 g/mol. The molecule has 0 fully saturated rings. The van der Waals surface area contributed by atoms with E-state index in [9.17, 15) is 4.79 Å². The van der Waals surface area contributed by atoms with Crippen molar-refractivity contribution in [2.24, 2.45) is 5.92 Å². The highest BCUT2D eigenvalue weighted by Gasteiger charge is 2.07. The van der Waals surface area contributed by atoms with Gasteiger partial charge in [0.25, 0.3) is 0 Å². The van der Waals surface area contributed by atoms with Gasteiger partial charge >= 0.3 is 5.97 Å². The second kappa shape index (κ2) is 5.29. The largest absolute Gasteiger partial charge is 0.464 e. The Balaban J connectivity index is 2.60. The highest BCUT2D eigenvalue weighted by Crippen LogP contribution is 2.04. The molecule has 1 aromatic heterocycles. The zero-order valence-electron chi connectivity index (χ0n) is 9.15. The van der Waals surface area contributed by atoms with E-state index in [-0.39, 0.29) is 5.69 Å². The number of nitrogens with zero attached hydrogens (tertiary/aromatic N) is 2. The number of hydrogen-bond donors (Lipinski definition) is 1. The molecule has 0 saturated carbocycles. The number of rotatable bonds is 4. The summed E-state index contributed by atoms with van der Waals surface area (Å²) in [4.78, 5) is 11.0. The summed E-state index contributed by atoms with van der Waals surface area (Å²) in [7, 11) is 1.31. The number of hydrogen-bond acceptors (Lipinski definition) is 5. The van der Waals surface area contributed by atoms with E-state index in [0.29, 0.717) is 11.7 Å². The van der Waals surface area contributed by atoms with Crippen molar-refractivity contribution in [2.45, 2.75) is 13.8 Å². The van der Waals surface area contributed by atoms with Gasteiger partial charge in [0, 0.05) is 6.54 Å². The third-order valence-electron chi connectivity index (χ3n) is 1.75. The van der Waals surface area contributed by atoms with Crippen molar-refractivity contribution < 1.29 is 9.53 Å². The van der Waals surface area contributed by atoms with Crippen molar-refractivity contribution in [3.63, 3.8) is 0 Å². The topological polar surface area (TPSA) is 64.1 Å². The first-order valence-electron chi connectivity index (χ1n) is 4.79. The van der Waals surface area contributed by atoms with E-state index >= 15 is 0 Å². The molecule has 0 bridgehead atoms. The van der Waals surface area contributed by atoms with Crippen LogP contribution < -0.4 is 5.32 Å². The van der Waals surface area contributed by atoms with E-state index in [1.54, 1.807) is 12.1 Å². The van der Waals surface area contributed by atoms with Crippen LogP contribution in [-0.2, 0) is 4.74 Å². The maximum absolute atomic E-state index is 11.0. The molecule has 0 amide bonds. The molecule has 1 aromatic rings. The number of esters is 1. The molecule has 82 valence electrons. The number of ether oxygens (including phenoxy) is 1. The van der Waals surface area contributed by atoms with Crippen LogP contribution in [0.15, 0.2) is 12.1 Å². The summed E-state index contributed by atoms with van der Waals surface area (Å²) in [5.74, 6) is 0.723. The fraction of sp³-hybridized carbons (Fsp3) is 0.500. The third-order valence-corrected chi connectivity index (χ3v) is 1.75. The van der Waals surface area contributed by atoms with Gasteiger partial charge in [-0.05, 0) is 18.1 Å². The van der Waals surface area contributed by atoms with Gasteiger partial charge in [-0.1, -0.05) is 13.8 Å². The molecule has 5 heteroatoms. The first-order valence-corrected chi connectivity index (χ1v) is 4.79. The fourth-order valence-corrected chi connectivity index (χ4v) is 0.949. The van der Waals surface area contributed by atoms with E-state index in [4.69, 9.17) is 0 Å². The van der Waals surface area contributed by atoms with Crippen LogP contribution in [0.25, 0.3) is 0 Å². The molecular formula is C10H15N3O2. The summed E-state index contributed by atoms with van der Waals surface area (Å²) in [6, 6.07) is 3.29. The Morgan fingerprint density at radius 2 is 2.20 bits per heavy atom. The number of methoxy groups -OCH3 is 1. The normalized spacial score (nSPS) is 10.1. The highest BCUT2D eigenvalue weighted by atomic mass is 16.5. The van der Waals surface area contributed by atoms with Crippen LogP contribution in [0.5, 0.6) is 0 Å². The van der Waals surface area contributed by atoms with Gasteiger partial charge < -0.3 is 10.1 Å². The van der Waals surface area contributed by atoms with E-state index in [2.05, 4.69) is 34.1 Å². The molecule has 0 unspecified atom stereocenters. The lowest BCUT2D eigenvalue weighted by atomic mass is 10.2. The quantitative estimate of drug-likeness (QED) is 0.758. The Bertz CT molecular complexity index is 322. The van der Waals surface area contributed by atoms with E-state index in [1.807, 2.05) is 0 Å². The van der Waals surface area contributed by atoms with Gasteiger partial charge in [0.15, 0.2) is 5.69 Å². The summed E-state index contributed by atoms with van der Waals surface area (Å²) < 4.78 is 4.51. The van der Waals surface area contributed by atoms with Crippen molar-refractivity contribution >= 4 is 11.8 Å². The van der Waals surface area contributed by atoms with Crippen LogP contribution >= 0.6 is 0 Å². The van der Waals surface area contributed by atoms with Crippen molar-refractivity contribution in [1.82, 2.24) is 10.2 Å². The molecular weight excluding hydrogens is 194 g/mol. The maximum Gasteiger partial charge on any atom is 0.358 e. The van der Waals surface area contributed by atoms with Crippen LogP contribution in [-0.4, -0.2) is 29.8 Å². The molecule has 0 radical (unpaired) electrons. The SMILES string of the molecule is COC(=O)c1ccc(NCC(C)C)nn1. The number of carbonyl (C=O) groups is 1. The van der Waals surface area contributed by atoms with Gasteiger partial charge in [-0.2, -0.15) is 0 Å². The van der Waals surface area contributed by atoms with E-state index < -0.39 is 5.97 Å². The second-order valence-electron chi connectivity index (χ2n) is 3.57. The monoisotopic (exact) mass is 209 g/mol. The molecule has 0 aliphatic rings. The zero-order valence-corrected chi connectivity index (χ0v) is 9.15. The summed E-state index contributed by atoms with van der Waals surface area (Å²) in [6.45, 7) is 5.03. The van der Waals surface area contributed by atoms with Crippen LogP contribution in [0.4, 0.5) is 5.82 Å². The van der Waals surface area contributed by atoms with Crippen molar-refractivity contribution in [3.05, 3.63) is 17.8 Å². The van der Waals surface area contributed by atoms with Gasteiger partial charge in [0.05, 0.1) is 7.11 Å². The molecule has 0 aliphatic carbocycles. The van der Waals surface area contributed by atoms with E-state index in [1.165, 1.54) is 7.11 Å². The molecule has 0 aromatic carbocycles. The average Bonchev–Trinajstić information content (AvgIpc) is 2.26. The van der Waals surface area contributed by atoms with Crippen LogP contribution in [0.2, 0.25) is 0 Å². The van der Waals surface area contributed by atoms with Crippen LogP contribution in [0.3, 0.4) is 0 Å². The zero-order chi connectivity index (χ0) is 11.3. The smallest absolute Gasteiger partial charge is 0.358 e. The Hall–Kier alpha value is -1.65. The molecule has 1 heterocycles. The fourth-order valence-electron chi connectivity index (χ4n) is 0.949. The molecule has 1 rings (SSSR count). The predicted molar refractivity (Wildman–Crippen MR) is 56.7 cm³/mol. The molecule has 0 atom stereocenters. The van der Waals surface area contributed by atoms with Crippen LogP contribution in [0.1, 0.15) is 24.3 Å². The number of anilines is 1. The standard InChI is InChI=1S/C10H15N3O2/c1-7(2)6-11-9-5-4-8(12-13-9)10(14)15-3/h4-5,7H,6H2,1-3H3,(H,11,13). The van der Waals surface area contributed by atoms with Crippen molar-refractivity contribution in [1.29, 1.82) is 0 Å². The second-order valence-corrected chi connectivity index (χ2v) is 3.57. The minimum atomic E-state index is -0.474. The van der Waals surface area contributed by atoms with Gasteiger partial charge in [0.1, 0.15) is 5.82 Å². The lowest BCUT2D eigenvalue weighted by Crippen LogP contribution is -2.11. The molecule has 15 heavy (non-hydrogen) atoms. The molecule has 1 N–H and O–H groups in total. The minimum Gasteiger partial charge on any atom is -0.464 e. The summed E-state index contributed by atoms with van der Waals surface area (Å²) in [5, 5.41) is 10.7. The Morgan fingerprint density at radius 1 is 1.47 bits per heavy atom. The number of nitrogens with one attached hydrogen (secondary N) is 1. The van der Waals surface area contributed by atoms with Gasteiger partial charge in [0.2, 0.25) is 0 Å². The van der Waals surface area contributed by atoms with Crippen molar-refractivity contribution in [2.75, 3.05) is 19.0 Å². The Kier molecular flexibility index (Phi) is 4.03. The highest BCUT2D eigenvalue weighted by molar-refractivity contribution is 5.86. The van der Waals surface area contributed by atoms with E-state index in [0.717, 1.165) is 6.54 Å². The summed E-state index contributed by atoms with van der Waals surface area (Å²) in [6.07, 6.45) is 0. The van der Waals surface area contributed by atoms with Gasteiger partial charge in [-0.25, -0.2) is 4.79 Å². The minimum absolute atomic E-state index is 0.215. The summed E-state index contributed by atoms with van der Waals surface area (Å²) >= 11 is 0. The first kappa shape index (κ1) is 11.4. The number of aromatic nitrogens is 2. The first-order chi connectivity index (χ1) is 7.13. The van der Waals surface area contributed by atoms with Crippen LogP contribution in [0, 0.1) is 5.92 Å². The lowest BCUT2D eigenvalue weighted by molar-refractivity contribution is 0.0593. The lowest BCUT2D eigenvalue weighted by Gasteiger charge is -2.07. The molecule has 5 nitrogen and oxygen atoms in total. The predicted octanol–water partition coefficient (Wildman–Crippen LogP) is 1.33. The molecule has 0 aliphatic heterocycles. The number of carbonyl (C=O) groups excluding carboxylic acids is 1. The molecule has 0 spiro atoms. The third kappa shape index (κ3) is 3.53. The summed E-state index contributed by atoms with van der Waals surface area (Å²) in [5.41, 5.74) is 0.215. The Labute approximate surface area is 88.9 Å². The maximum atomic E-state index is 11.0. The Morgan fingerprint density at radius 3 is 2.67 bits per heavy atom. The van der Waals surface area contributed by atoms with Gasteiger partial charge in [-0.3, -0.25) is 0 Å². The molecule has 0 saturated heterocycles.